The highest BCUT2D eigenvalue weighted by atomic mass is 79.9. The van der Waals surface area contributed by atoms with E-state index in [2.05, 4.69) is 30.9 Å². The van der Waals surface area contributed by atoms with Gasteiger partial charge in [0.05, 0.1) is 7.11 Å². The minimum Gasteiger partial charge on any atom is -0.453 e. The lowest BCUT2D eigenvalue weighted by Crippen LogP contribution is -2.37. The number of carbonyl (C=O) groups excluding carboxylic acids is 1. The van der Waals surface area contributed by atoms with Crippen molar-refractivity contribution >= 4 is 22.0 Å². The van der Waals surface area contributed by atoms with Crippen molar-refractivity contribution in [3.8, 4) is 0 Å². The van der Waals surface area contributed by atoms with E-state index in [0.717, 1.165) is 48.3 Å². The second kappa shape index (κ2) is 11.3. The highest BCUT2D eigenvalue weighted by Crippen LogP contribution is 2.29. The Morgan fingerprint density at radius 1 is 1.17 bits per heavy atom. The molecule has 1 aromatic carbocycles. The third kappa shape index (κ3) is 7.25. The average molecular weight is 469 g/mol. The number of likely N-dealkylation sites (tertiary alicyclic amines) is 1. The maximum absolute atomic E-state index is 13.5. The van der Waals surface area contributed by atoms with E-state index in [1.54, 1.807) is 6.07 Å². The molecule has 6 heteroatoms. The lowest BCUT2D eigenvalue weighted by Gasteiger charge is -2.33. The summed E-state index contributed by atoms with van der Waals surface area (Å²) in [4.78, 5) is 13.9. The number of carbonyl (C=O) groups is 1. The van der Waals surface area contributed by atoms with Gasteiger partial charge >= 0.3 is 6.09 Å². The van der Waals surface area contributed by atoms with Gasteiger partial charge in [-0.2, -0.15) is 0 Å². The number of rotatable bonds is 7. The largest absolute Gasteiger partial charge is 0.453 e. The van der Waals surface area contributed by atoms with Crippen molar-refractivity contribution in [3.63, 3.8) is 0 Å². The molecule has 0 unspecified atom stereocenters. The number of halogens is 2. The van der Waals surface area contributed by atoms with Gasteiger partial charge in [0.25, 0.3) is 0 Å². The molecule has 0 atom stereocenters. The summed E-state index contributed by atoms with van der Waals surface area (Å²) in [7, 11) is 1.42. The van der Waals surface area contributed by atoms with Crippen molar-refractivity contribution < 1.29 is 13.9 Å². The predicted molar refractivity (Wildman–Crippen MR) is 117 cm³/mol. The van der Waals surface area contributed by atoms with Crippen LogP contribution in [-0.4, -0.2) is 43.8 Å². The van der Waals surface area contributed by atoms with E-state index in [-0.39, 0.29) is 18.0 Å². The van der Waals surface area contributed by atoms with E-state index in [0.29, 0.717) is 5.92 Å². The van der Waals surface area contributed by atoms with Crippen LogP contribution in [0.5, 0.6) is 0 Å². The number of alkyl carbamates (subject to hydrolysis) is 1. The minimum absolute atomic E-state index is 0.143. The summed E-state index contributed by atoms with van der Waals surface area (Å²) >= 11 is 3.56. The number of benzene rings is 1. The summed E-state index contributed by atoms with van der Waals surface area (Å²) < 4.78 is 19.2. The summed E-state index contributed by atoms with van der Waals surface area (Å²) in [6.45, 7) is 3.51. The number of methoxy groups -OCH3 is 1. The quantitative estimate of drug-likeness (QED) is 0.571. The number of hydrogen-bond acceptors (Lipinski definition) is 3. The number of amides is 1. The van der Waals surface area contributed by atoms with Gasteiger partial charge in [-0.05, 0) is 113 Å². The SMILES string of the molecule is COC(=O)NC1CCC(CCCN2CCC(Cc3cc(F)ccc3Br)CC2)CC1. The first-order valence-corrected chi connectivity index (χ1v) is 11.8. The molecule has 29 heavy (non-hydrogen) atoms. The molecule has 2 fully saturated rings. The van der Waals surface area contributed by atoms with Gasteiger partial charge in [-0.1, -0.05) is 15.9 Å². The second-order valence-electron chi connectivity index (χ2n) is 8.72. The monoisotopic (exact) mass is 468 g/mol. The molecule has 4 nitrogen and oxygen atoms in total. The molecule has 1 heterocycles. The molecule has 1 saturated carbocycles. The van der Waals surface area contributed by atoms with Crippen LogP contribution < -0.4 is 5.32 Å². The van der Waals surface area contributed by atoms with Crippen LogP contribution in [0.25, 0.3) is 0 Å². The first kappa shape index (κ1) is 22.5. The molecular weight excluding hydrogens is 435 g/mol. The molecule has 0 spiro atoms. The van der Waals surface area contributed by atoms with Crippen LogP contribution in [0.15, 0.2) is 22.7 Å². The van der Waals surface area contributed by atoms with Crippen molar-refractivity contribution in [1.82, 2.24) is 10.2 Å². The molecule has 0 radical (unpaired) electrons. The van der Waals surface area contributed by atoms with Crippen molar-refractivity contribution in [1.29, 1.82) is 0 Å². The molecule has 0 bridgehead atoms. The summed E-state index contributed by atoms with van der Waals surface area (Å²) in [5.74, 6) is 1.31. The molecule has 1 aliphatic heterocycles. The van der Waals surface area contributed by atoms with E-state index in [4.69, 9.17) is 0 Å². The molecular formula is C23H34BrFN2O2. The minimum atomic E-state index is -0.304. The summed E-state index contributed by atoms with van der Waals surface area (Å²) in [5, 5.41) is 2.93. The van der Waals surface area contributed by atoms with E-state index in [1.807, 2.05) is 6.07 Å². The maximum atomic E-state index is 13.5. The van der Waals surface area contributed by atoms with Crippen LogP contribution in [0.4, 0.5) is 9.18 Å². The van der Waals surface area contributed by atoms with Crippen LogP contribution in [-0.2, 0) is 11.2 Å². The summed E-state index contributed by atoms with van der Waals surface area (Å²) in [5.41, 5.74) is 1.10. The van der Waals surface area contributed by atoms with Gasteiger partial charge in [0.1, 0.15) is 5.82 Å². The number of nitrogens with one attached hydrogen (secondary N) is 1. The Morgan fingerprint density at radius 3 is 2.59 bits per heavy atom. The van der Waals surface area contributed by atoms with Gasteiger partial charge in [-0.3, -0.25) is 0 Å². The Labute approximate surface area is 182 Å². The lowest BCUT2D eigenvalue weighted by atomic mass is 9.83. The van der Waals surface area contributed by atoms with Crippen LogP contribution in [0.3, 0.4) is 0 Å². The lowest BCUT2D eigenvalue weighted by molar-refractivity contribution is 0.157. The number of piperidine rings is 1. The Bertz CT molecular complexity index is 656. The topological polar surface area (TPSA) is 41.6 Å². The summed E-state index contributed by atoms with van der Waals surface area (Å²) in [6.07, 6.45) is 10.2. The van der Waals surface area contributed by atoms with Crippen LogP contribution >= 0.6 is 15.9 Å². The zero-order valence-electron chi connectivity index (χ0n) is 17.5. The molecule has 1 aliphatic carbocycles. The van der Waals surface area contributed by atoms with Gasteiger partial charge in [-0.15, -0.1) is 0 Å². The highest BCUT2D eigenvalue weighted by Gasteiger charge is 2.24. The smallest absolute Gasteiger partial charge is 0.407 e. The molecule has 1 amide bonds. The third-order valence-electron chi connectivity index (χ3n) is 6.66. The Hall–Kier alpha value is -1.14. The summed E-state index contributed by atoms with van der Waals surface area (Å²) in [6, 6.07) is 5.29. The molecule has 0 aromatic heterocycles. The van der Waals surface area contributed by atoms with E-state index in [9.17, 15) is 9.18 Å². The molecule has 162 valence electrons. The first-order valence-electron chi connectivity index (χ1n) is 11.0. The number of ether oxygens (including phenoxy) is 1. The zero-order valence-corrected chi connectivity index (χ0v) is 19.1. The maximum Gasteiger partial charge on any atom is 0.407 e. The van der Waals surface area contributed by atoms with Gasteiger partial charge < -0.3 is 15.0 Å². The number of hydrogen-bond donors (Lipinski definition) is 1. The highest BCUT2D eigenvalue weighted by molar-refractivity contribution is 9.10. The zero-order chi connectivity index (χ0) is 20.6. The molecule has 1 saturated heterocycles. The first-order chi connectivity index (χ1) is 14.0. The van der Waals surface area contributed by atoms with Crippen molar-refractivity contribution in [2.45, 2.75) is 63.8 Å². The molecule has 1 N–H and O–H groups in total. The fourth-order valence-electron chi connectivity index (χ4n) is 4.85. The standard InChI is InChI=1S/C23H34BrFN2O2/c1-29-23(28)26-21-7-4-17(5-8-21)3-2-12-27-13-10-18(11-14-27)15-19-16-20(25)6-9-22(19)24/h6,9,16-18,21H,2-5,7-8,10-15H2,1H3,(H,26,28). The van der Waals surface area contributed by atoms with Gasteiger partial charge in [0, 0.05) is 10.5 Å². The van der Waals surface area contributed by atoms with Gasteiger partial charge in [-0.25, -0.2) is 9.18 Å². The van der Waals surface area contributed by atoms with E-state index >= 15 is 0 Å². The average Bonchev–Trinajstić information content (AvgIpc) is 2.73. The van der Waals surface area contributed by atoms with Crippen LogP contribution in [0, 0.1) is 17.7 Å². The number of nitrogens with zero attached hydrogens (tertiary/aromatic N) is 1. The van der Waals surface area contributed by atoms with Crippen molar-refractivity contribution in [2.75, 3.05) is 26.7 Å². The normalized spacial score (nSPS) is 23.7. The fraction of sp³-hybridized carbons (Fsp3) is 0.696. The van der Waals surface area contributed by atoms with Crippen LogP contribution in [0.2, 0.25) is 0 Å². The van der Waals surface area contributed by atoms with Crippen LogP contribution in [0.1, 0.15) is 56.9 Å². The Balaban J connectivity index is 1.29. The van der Waals surface area contributed by atoms with Crippen molar-refractivity contribution in [2.24, 2.45) is 11.8 Å². The predicted octanol–water partition coefficient (Wildman–Crippen LogP) is 5.54. The fourth-order valence-corrected chi connectivity index (χ4v) is 5.26. The van der Waals surface area contributed by atoms with Gasteiger partial charge in [0.2, 0.25) is 0 Å². The molecule has 3 rings (SSSR count). The van der Waals surface area contributed by atoms with E-state index in [1.165, 1.54) is 58.2 Å². The second-order valence-corrected chi connectivity index (χ2v) is 9.58. The van der Waals surface area contributed by atoms with E-state index < -0.39 is 0 Å². The molecule has 1 aromatic rings. The molecule has 2 aliphatic rings. The third-order valence-corrected chi connectivity index (χ3v) is 7.44. The van der Waals surface area contributed by atoms with Gasteiger partial charge in [0.15, 0.2) is 0 Å². The van der Waals surface area contributed by atoms with Crippen molar-refractivity contribution in [3.05, 3.63) is 34.1 Å². The Kier molecular flexibility index (Phi) is 8.79. The Morgan fingerprint density at radius 2 is 1.90 bits per heavy atom.